The highest BCUT2D eigenvalue weighted by atomic mass is 79.9. The number of nitrogens with zero attached hydrogens (tertiary/aromatic N) is 1. The number of hydrogen-bond acceptors (Lipinski definition) is 5. The maximum atomic E-state index is 12.5. The van der Waals surface area contributed by atoms with E-state index in [1.807, 2.05) is 24.3 Å². The van der Waals surface area contributed by atoms with Gasteiger partial charge in [0.15, 0.2) is 0 Å². The number of esters is 1. The lowest BCUT2D eigenvalue weighted by molar-refractivity contribution is -0.151. The van der Waals surface area contributed by atoms with Crippen molar-refractivity contribution in [1.82, 2.24) is 10.2 Å². The molecule has 1 heterocycles. The molecule has 0 saturated carbocycles. The zero-order chi connectivity index (χ0) is 18.6. The van der Waals surface area contributed by atoms with Gasteiger partial charge < -0.3 is 14.8 Å². The van der Waals surface area contributed by atoms with Crippen LogP contribution in [0.25, 0.3) is 0 Å². The fraction of sp³-hybridized carbons (Fsp3) is 0.471. The van der Waals surface area contributed by atoms with Crippen LogP contribution in [0.2, 0.25) is 0 Å². The summed E-state index contributed by atoms with van der Waals surface area (Å²) in [6, 6.07) is 5.22. The molecule has 0 spiro atoms. The monoisotopic (exact) mass is 412 g/mol. The van der Waals surface area contributed by atoms with Crippen molar-refractivity contribution < 1.29 is 23.9 Å². The number of carbonyl (C=O) groups is 3. The van der Waals surface area contributed by atoms with Crippen molar-refractivity contribution in [3.05, 3.63) is 34.3 Å². The van der Waals surface area contributed by atoms with Crippen molar-refractivity contribution in [1.29, 1.82) is 0 Å². The highest BCUT2D eigenvalue weighted by Gasteiger charge is 2.46. The average molecular weight is 413 g/mol. The number of urea groups is 1. The third-order valence-corrected chi connectivity index (χ3v) is 4.40. The average Bonchev–Trinajstić information content (AvgIpc) is 2.84. The molecule has 2 rings (SSSR count). The first-order valence-corrected chi connectivity index (χ1v) is 8.68. The van der Waals surface area contributed by atoms with Gasteiger partial charge in [0.25, 0.3) is 5.91 Å². The molecule has 1 fully saturated rings. The van der Waals surface area contributed by atoms with Crippen LogP contribution < -0.4 is 5.32 Å². The van der Waals surface area contributed by atoms with Crippen molar-refractivity contribution >= 4 is 33.8 Å². The normalized spacial score (nSPS) is 18.4. The summed E-state index contributed by atoms with van der Waals surface area (Å²) < 4.78 is 11.2. The second-order valence-electron chi connectivity index (χ2n) is 6.06. The van der Waals surface area contributed by atoms with Crippen molar-refractivity contribution in [2.45, 2.75) is 32.5 Å². The van der Waals surface area contributed by atoms with Gasteiger partial charge in [0.05, 0.1) is 20.3 Å². The topological polar surface area (TPSA) is 84.9 Å². The summed E-state index contributed by atoms with van der Waals surface area (Å²) in [6.45, 7) is 3.85. The number of imide groups is 1. The molecule has 136 valence electrons. The Kier molecular flexibility index (Phi) is 6.55. The van der Waals surface area contributed by atoms with E-state index in [9.17, 15) is 14.4 Å². The van der Waals surface area contributed by atoms with Gasteiger partial charge in [-0.15, -0.1) is 0 Å². The highest BCUT2D eigenvalue weighted by Crippen LogP contribution is 2.19. The molecule has 2 atom stereocenters. The molecule has 1 aliphatic heterocycles. The molecule has 1 aromatic carbocycles. The predicted octanol–water partition coefficient (Wildman–Crippen LogP) is 2.08. The molecular formula is C17H21BrN2O5. The van der Waals surface area contributed by atoms with Gasteiger partial charge in [0, 0.05) is 4.47 Å². The molecule has 8 heteroatoms. The number of amides is 3. The van der Waals surface area contributed by atoms with E-state index in [4.69, 9.17) is 9.47 Å². The zero-order valence-corrected chi connectivity index (χ0v) is 15.9. The number of ether oxygens (including phenoxy) is 2. The third kappa shape index (κ3) is 4.58. The number of carbonyl (C=O) groups excluding carboxylic acids is 3. The molecule has 0 aliphatic carbocycles. The molecule has 0 aromatic heterocycles. The van der Waals surface area contributed by atoms with E-state index in [-0.39, 0.29) is 12.5 Å². The molecule has 1 aliphatic rings. The minimum atomic E-state index is -0.950. The van der Waals surface area contributed by atoms with Crippen molar-refractivity contribution in [3.63, 3.8) is 0 Å². The standard InChI is InChI=1S/C17H21BrN2O5/c1-10(2)14(16(22)24-3)20-15(21)13(19-17(20)23)9-25-8-11-4-6-12(18)7-5-11/h4-7,10,13-14H,8-9H2,1-3H3,(H,19,23). The van der Waals surface area contributed by atoms with Crippen LogP contribution in [0.4, 0.5) is 4.79 Å². The van der Waals surface area contributed by atoms with Crippen LogP contribution in [0.1, 0.15) is 19.4 Å². The molecule has 1 aromatic rings. The molecule has 1 N–H and O–H groups in total. The first-order chi connectivity index (χ1) is 11.8. The second-order valence-corrected chi connectivity index (χ2v) is 6.98. The maximum Gasteiger partial charge on any atom is 0.329 e. The number of methoxy groups -OCH3 is 1. The van der Waals surface area contributed by atoms with Gasteiger partial charge in [-0.2, -0.15) is 0 Å². The van der Waals surface area contributed by atoms with Gasteiger partial charge in [-0.3, -0.25) is 4.79 Å². The molecular weight excluding hydrogens is 392 g/mol. The SMILES string of the molecule is COC(=O)C(C(C)C)N1C(=O)NC(COCc2ccc(Br)cc2)C1=O. The maximum absolute atomic E-state index is 12.5. The largest absolute Gasteiger partial charge is 0.467 e. The van der Waals surface area contributed by atoms with Gasteiger partial charge in [-0.25, -0.2) is 14.5 Å². The Morgan fingerprint density at radius 1 is 1.28 bits per heavy atom. The van der Waals surface area contributed by atoms with E-state index < -0.39 is 30.0 Å². The lowest BCUT2D eigenvalue weighted by Crippen LogP contribution is -2.49. The van der Waals surface area contributed by atoms with E-state index in [1.165, 1.54) is 7.11 Å². The minimum Gasteiger partial charge on any atom is -0.467 e. The molecule has 0 bridgehead atoms. The van der Waals surface area contributed by atoms with Gasteiger partial charge >= 0.3 is 12.0 Å². The van der Waals surface area contributed by atoms with Gasteiger partial charge in [-0.1, -0.05) is 41.9 Å². The summed E-state index contributed by atoms with van der Waals surface area (Å²) in [5.41, 5.74) is 0.950. The van der Waals surface area contributed by atoms with E-state index in [2.05, 4.69) is 21.2 Å². The fourth-order valence-electron chi connectivity index (χ4n) is 2.60. The van der Waals surface area contributed by atoms with Gasteiger partial charge in [-0.05, 0) is 23.6 Å². The summed E-state index contributed by atoms with van der Waals surface area (Å²) in [6.07, 6.45) is 0. The van der Waals surface area contributed by atoms with Crippen LogP contribution in [-0.2, 0) is 25.7 Å². The molecule has 3 amide bonds. The zero-order valence-electron chi connectivity index (χ0n) is 14.3. The van der Waals surface area contributed by atoms with E-state index in [1.54, 1.807) is 13.8 Å². The Morgan fingerprint density at radius 3 is 2.48 bits per heavy atom. The summed E-state index contributed by atoms with van der Waals surface area (Å²) in [5, 5.41) is 2.56. The smallest absolute Gasteiger partial charge is 0.329 e. The Labute approximate surface area is 154 Å². The quantitative estimate of drug-likeness (QED) is 0.547. The van der Waals surface area contributed by atoms with Crippen molar-refractivity contribution in [2.24, 2.45) is 5.92 Å². The van der Waals surface area contributed by atoms with Crippen LogP contribution in [0.15, 0.2) is 28.7 Å². The molecule has 2 unspecified atom stereocenters. The third-order valence-electron chi connectivity index (χ3n) is 3.87. The lowest BCUT2D eigenvalue weighted by atomic mass is 10.0. The molecule has 7 nitrogen and oxygen atoms in total. The fourth-order valence-corrected chi connectivity index (χ4v) is 2.86. The van der Waals surface area contributed by atoms with Crippen molar-refractivity contribution in [3.8, 4) is 0 Å². The van der Waals surface area contributed by atoms with Gasteiger partial charge in [0.1, 0.15) is 12.1 Å². The number of hydrogen-bond donors (Lipinski definition) is 1. The molecule has 0 radical (unpaired) electrons. The number of nitrogens with one attached hydrogen (secondary N) is 1. The Bertz CT molecular complexity index is 647. The Morgan fingerprint density at radius 2 is 1.92 bits per heavy atom. The predicted molar refractivity (Wildman–Crippen MR) is 93.6 cm³/mol. The van der Waals surface area contributed by atoms with Crippen molar-refractivity contribution in [2.75, 3.05) is 13.7 Å². The Balaban J connectivity index is 1.97. The van der Waals surface area contributed by atoms with Crippen LogP contribution in [0, 0.1) is 5.92 Å². The number of benzene rings is 1. The van der Waals surface area contributed by atoms with Crippen LogP contribution in [0.3, 0.4) is 0 Å². The summed E-state index contributed by atoms with van der Waals surface area (Å²) in [4.78, 5) is 37.5. The number of rotatable bonds is 7. The number of halogens is 1. The minimum absolute atomic E-state index is 0.0309. The summed E-state index contributed by atoms with van der Waals surface area (Å²) in [5.74, 6) is -1.36. The highest BCUT2D eigenvalue weighted by molar-refractivity contribution is 9.10. The van der Waals surface area contributed by atoms with Crippen LogP contribution >= 0.6 is 15.9 Å². The Hall–Kier alpha value is -1.93. The first-order valence-electron chi connectivity index (χ1n) is 7.88. The summed E-state index contributed by atoms with van der Waals surface area (Å²) in [7, 11) is 1.23. The molecule has 1 saturated heterocycles. The lowest BCUT2D eigenvalue weighted by Gasteiger charge is -2.26. The van der Waals surface area contributed by atoms with Crippen LogP contribution in [0.5, 0.6) is 0 Å². The van der Waals surface area contributed by atoms with E-state index in [0.717, 1.165) is 14.9 Å². The van der Waals surface area contributed by atoms with Crippen LogP contribution in [-0.4, -0.2) is 48.6 Å². The first kappa shape index (κ1) is 19.4. The van der Waals surface area contributed by atoms with Gasteiger partial charge in [0.2, 0.25) is 0 Å². The van der Waals surface area contributed by atoms with E-state index >= 15 is 0 Å². The second kappa shape index (κ2) is 8.44. The summed E-state index contributed by atoms with van der Waals surface area (Å²) >= 11 is 3.35. The molecule has 25 heavy (non-hydrogen) atoms. The van der Waals surface area contributed by atoms with E-state index in [0.29, 0.717) is 6.61 Å².